The van der Waals surface area contributed by atoms with Crippen LogP contribution in [0.15, 0.2) is 60.8 Å². The largest absolute Gasteiger partial charge is 0.462 e. The molecule has 1 atom stereocenters. The van der Waals surface area contributed by atoms with Gasteiger partial charge >= 0.3 is 17.9 Å². The Morgan fingerprint density at radius 2 is 0.849 bits per heavy atom. The van der Waals surface area contributed by atoms with Crippen LogP contribution in [-0.2, 0) is 28.6 Å². The molecule has 6 nitrogen and oxygen atoms in total. The van der Waals surface area contributed by atoms with Crippen molar-refractivity contribution in [2.45, 2.75) is 207 Å². The van der Waals surface area contributed by atoms with Gasteiger partial charge in [0.15, 0.2) is 6.10 Å². The summed E-state index contributed by atoms with van der Waals surface area (Å²) >= 11 is 0. The topological polar surface area (TPSA) is 78.9 Å². The van der Waals surface area contributed by atoms with Crippen LogP contribution < -0.4 is 0 Å². The highest BCUT2D eigenvalue weighted by Crippen LogP contribution is 2.14. The number of unbranched alkanes of at least 4 members (excludes halogenated alkanes) is 18. The van der Waals surface area contributed by atoms with Gasteiger partial charge in [-0.15, -0.1) is 0 Å². The summed E-state index contributed by atoms with van der Waals surface area (Å²) in [4.78, 5) is 37.5. The molecule has 0 rings (SSSR count). The molecule has 0 heterocycles. The first-order valence-electron chi connectivity index (χ1n) is 21.8. The fourth-order valence-corrected chi connectivity index (χ4v) is 5.79. The lowest BCUT2D eigenvalue weighted by Crippen LogP contribution is -2.30. The third-order valence-corrected chi connectivity index (χ3v) is 9.05. The van der Waals surface area contributed by atoms with Crippen LogP contribution in [0.4, 0.5) is 0 Å². The fourth-order valence-electron chi connectivity index (χ4n) is 5.79. The summed E-state index contributed by atoms with van der Waals surface area (Å²) < 4.78 is 16.5. The van der Waals surface area contributed by atoms with Crippen LogP contribution in [0.3, 0.4) is 0 Å². The van der Waals surface area contributed by atoms with Crippen molar-refractivity contribution >= 4 is 17.9 Å². The Morgan fingerprint density at radius 1 is 0.415 bits per heavy atom. The number of hydrogen-bond acceptors (Lipinski definition) is 6. The molecule has 1 unspecified atom stereocenters. The molecule has 0 fully saturated rings. The number of carbonyl (C=O) groups excluding carboxylic acids is 3. The van der Waals surface area contributed by atoms with Crippen molar-refractivity contribution in [1.29, 1.82) is 0 Å². The van der Waals surface area contributed by atoms with Crippen LogP contribution in [0.25, 0.3) is 0 Å². The monoisotopic (exact) mass is 741 g/mol. The van der Waals surface area contributed by atoms with Gasteiger partial charge in [-0.25, -0.2) is 0 Å². The second kappa shape index (κ2) is 41.9. The van der Waals surface area contributed by atoms with Crippen LogP contribution in [0.5, 0.6) is 0 Å². The zero-order chi connectivity index (χ0) is 38.7. The smallest absolute Gasteiger partial charge is 0.309 e. The quantitative estimate of drug-likeness (QED) is 0.0271. The van der Waals surface area contributed by atoms with Crippen molar-refractivity contribution in [3.05, 3.63) is 60.8 Å². The molecule has 304 valence electrons. The van der Waals surface area contributed by atoms with Crippen molar-refractivity contribution in [2.24, 2.45) is 0 Å². The molecule has 0 saturated carbocycles. The average molecular weight is 741 g/mol. The van der Waals surface area contributed by atoms with Gasteiger partial charge in [0.1, 0.15) is 13.2 Å². The van der Waals surface area contributed by atoms with Gasteiger partial charge in [-0.1, -0.05) is 191 Å². The van der Waals surface area contributed by atoms with Crippen molar-refractivity contribution in [1.82, 2.24) is 0 Å². The molecular weight excluding hydrogens is 661 g/mol. The number of carbonyl (C=O) groups is 3. The first-order valence-corrected chi connectivity index (χ1v) is 21.8. The van der Waals surface area contributed by atoms with E-state index in [0.29, 0.717) is 12.8 Å². The minimum atomic E-state index is -0.826. The Balaban J connectivity index is 4.50. The molecule has 0 bridgehead atoms. The molecule has 53 heavy (non-hydrogen) atoms. The Labute approximate surface area is 326 Å². The number of ether oxygens (including phenoxy) is 3. The standard InChI is InChI=1S/C47H80O6/c1-4-7-10-13-16-19-21-23-25-28-31-34-37-40-46(49)52-43-44(42-51-45(48)39-36-33-30-27-18-15-12-9-6-3)53-47(50)41-38-35-32-29-26-24-22-20-17-14-11-8-5-2/h9,12,18,23,25,27,31,33-34,36,44H,4-8,10-11,13-17,19-22,24,26,28-30,32,35,37-43H2,1-3H3/b12-9-,25-23-,27-18-,34-31-,36-33-. The van der Waals surface area contributed by atoms with E-state index < -0.39 is 12.1 Å². The summed E-state index contributed by atoms with van der Waals surface area (Å²) in [7, 11) is 0. The maximum absolute atomic E-state index is 12.7. The molecule has 0 N–H and O–H groups in total. The van der Waals surface area contributed by atoms with E-state index in [1.165, 1.54) is 103 Å². The Bertz CT molecular complexity index is 991. The zero-order valence-electron chi connectivity index (χ0n) is 34.5. The first kappa shape index (κ1) is 50.1. The molecule has 0 aliphatic heterocycles. The summed E-state index contributed by atoms with van der Waals surface area (Å²) in [6, 6.07) is 0. The van der Waals surface area contributed by atoms with E-state index in [2.05, 4.69) is 63.3 Å². The van der Waals surface area contributed by atoms with Gasteiger partial charge in [0.05, 0.1) is 6.42 Å². The molecule has 0 aromatic heterocycles. The lowest BCUT2D eigenvalue weighted by Gasteiger charge is -2.18. The van der Waals surface area contributed by atoms with E-state index in [0.717, 1.165) is 51.4 Å². The summed E-state index contributed by atoms with van der Waals surface area (Å²) in [6.45, 7) is 6.34. The predicted molar refractivity (Wildman–Crippen MR) is 224 cm³/mol. The molecule has 0 aliphatic carbocycles. The highest BCUT2D eigenvalue weighted by molar-refractivity contribution is 5.72. The normalized spacial score (nSPS) is 12.6. The third kappa shape index (κ3) is 40.1. The van der Waals surface area contributed by atoms with Crippen LogP contribution in [0, 0.1) is 0 Å². The summed E-state index contributed by atoms with van der Waals surface area (Å²) in [6.07, 6.45) is 49.6. The Kier molecular flexibility index (Phi) is 39.6. The van der Waals surface area contributed by atoms with E-state index in [-0.39, 0.29) is 38.0 Å². The zero-order valence-corrected chi connectivity index (χ0v) is 34.5. The highest BCUT2D eigenvalue weighted by atomic mass is 16.6. The van der Waals surface area contributed by atoms with Gasteiger partial charge in [-0.05, 0) is 51.4 Å². The number of allylic oxidation sites excluding steroid dienone is 9. The van der Waals surface area contributed by atoms with Crippen molar-refractivity contribution in [3.8, 4) is 0 Å². The first-order chi connectivity index (χ1) is 26.0. The average Bonchev–Trinajstić information content (AvgIpc) is 3.15. The van der Waals surface area contributed by atoms with Crippen LogP contribution in [0.1, 0.15) is 201 Å². The van der Waals surface area contributed by atoms with E-state index in [1.54, 1.807) is 6.08 Å². The third-order valence-electron chi connectivity index (χ3n) is 9.05. The molecule has 0 saturated heterocycles. The van der Waals surface area contributed by atoms with Gasteiger partial charge in [-0.2, -0.15) is 0 Å². The molecule has 0 spiro atoms. The summed E-state index contributed by atoms with van der Waals surface area (Å²) in [5.74, 6) is -1.12. The van der Waals surface area contributed by atoms with Gasteiger partial charge in [0.25, 0.3) is 0 Å². The van der Waals surface area contributed by atoms with Gasteiger partial charge in [0, 0.05) is 12.8 Å². The molecular formula is C47H80O6. The van der Waals surface area contributed by atoms with Crippen LogP contribution in [-0.4, -0.2) is 37.2 Å². The second-order valence-corrected chi connectivity index (χ2v) is 14.2. The van der Waals surface area contributed by atoms with E-state index >= 15 is 0 Å². The molecule has 0 amide bonds. The predicted octanol–water partition coefficient (Wildman–Crippen LogP) is 13.7. The van der Waals surface area contributed by atoms with Gasteiger partial charge < -0.3 is 14.2 Å². The molecule has 0 radical (unpaired) electrons. The van der Waals surface area contributed by atoms with Gasteiger partial charge in [0.2, 0.25) is 0 Å². The molecule has 6 heteroatoms. The van der Waals surface area contributed by atoms with Crippen molar-refractivity contribution in [2.75, 3.05) is 13.2 Å². The lowest BCUT2D eigenvalue weighted by molar-refractivity contribution is -0.166. The highest BCUT2D eigenvalue weighted by Gasteiger charge is 2.19. The SMILES string of the molecule is CC/C=C\C/C=C\C/C=C\CC(=O)OCC(COC(=O)CC/C=C\C/C=C\CCCCCCCC)OC(=O)CCCCCCCCCCCCCCC. The van der Waals surface area contributed by atoms with Crippen LogP contribution >= 0.6 is 0 Å². The fraction of sp³-hybridized carbons (Fsp3) is 0.723. The minimum absolute atomic E-state index is 0.129. The maximum Gasteiger partial charge on any atom is 0.309 e. The van der Waals surface area contributed by atoms with Crippen LogP contribution in [0.2, 0.25) is 0 Å². The lowest BCUT2D eigenvalue weighted by atomic mass is 10.0. The van der Waals surface area contributed by atoms with Crippen molar-refractivity contribution in [3.63, 3.8) is 0 Å². The Morgan fingerprint density at radius 3 is 1.40 bits per heavy atom. The number of esters is 3. The minimum Gasteiger partial charge on any atom is -0.462 e. The Hall–Kier alpha value is -2.89. The van der Waals surface area contributed by atoms with Crippen molar-refractivity contribution < 1.29 is 28.6 Å². The number of rotatable bonds is 38. The summed E-state index contributed by atoms with van der Waals surface area (Å²) in [5.41, 5.74) is 0. The van der Waals surface area contributed by atoms with E-state index in [4.69, 9.17) is 14.2 Å². The van der Waals surface area contributed by atoms with E-state index in [9.17, 15) is 14.4 Å². The number of hydrogen-bond donors (Lipinski definition) is 0. The molecule has 0 aromatic rings. The molecule has 0 aliphatic rings. The molecule has 0 aromatic carbocycles. The van der Waals surface area contributed by atoms with Gasteiger partial charge in [-0.3, -0.25) is 14.4 Å². The maximum atomic E-state index is 12.7. The summed E-state index contributed by atoms with van der Waals surface area (Å²) in [5, 5.41) is 0. The second-order valence-electron chi connectivity index (χ2n) is 14.2. The van der Waals surface area contributed by atoms with E-state index in [1.807, 2.05) is 12.2 Å².